The molecule has 466 valence electrons. The van der Waals surface area contributed by atoms with Crippen LogP contribution >= 0.6 is 0 Å². The van der Waals surface area contributed by atoms with Gasteiger partial charge in [0.2, 0.25) is 0 Å². The molecular formula is C73H135N3O4. The van der Waals surface area contributed by atoms with Gasteiger partial charge in [-0.05, 0) is 135 Å². The Labute approximate surface area is 498 Å². The first-order valence-corrected chi connectivity index (χ1v) is 34.3. The molecule has 0 radical (unpaired) electrons. The predicted molar refractivity (Wildman–Crippen MR) is 355 cm³/mol. The summed E-state index contributed by atoms with van der Waals surface area (Å²) in [6.45, 7) is 14.3. The summed E-state index contributed by atoms with van der Waals surface area (Å²) in [6, 6.07) is 0. The molecule has 7 nitrogen and oxygen atoms in total. The van der Waals surface area contributed by atoms with Crippen LogP contribution in [0.4, 0.5) is 0 Å². The molecule has 4 N–H and O–H groups in total. The Bertz CT molecular complexity index is 1280. The third-order valence-corrected chi connectivity index (χ3v) is 15.5. The van der Waals surface area contributed by atoms with Gasteiger partial charge in [-0.25, -0.2) is 0 Å². The van der Waals surface area contributed by atoms with E-state index in [9.17, 15) is 20.4 Å². The fraction of sp³-hybridized carbons (Fsp3) is 0.781. The maximum Gasteiger partial charge on any atom is 0.0670 e. The van der Waals surface area contributed by atoms with E-state index in [-0.39, 0.29) is 0 Å². The predicted octanol–water partition coefficient (Wildman–Crippen LogP) is 19.1. The maximum atomic E-state index is 11.3. The minimum atomic E-state index is -0.468. The molecule has 0 spiro atoms. The highest BCUT2D eigenvalue weighted by Gasteiger charge is 2.19. The molecule has 0 saturated heterocycles. The number of likely N-dealkylation sites (N-methyl/N-ethyl adjacent to an activating group) is 1. The molecular weight excluding hydrogens is 983 g/mol. The van der Waals surface area contributed by atoms with Gasteiger partial charge in [0.25, 0.3) is 0 Å². The first-order chi connectivity index (χ1) is 39.2. The Kier molecular flexibility index (Phi) is 62.3. The topological polar surface area (TPSA) is 90.6 Å². The number of aliphatic hydroxyl groups is 4. The summed E-state index contributed by atoms with van der Waals surface area (Å²) in [4.78, 5) is 6.85. The smallest absolute Gasteiger partial charge is 0.0670 e. The number of hydrogen-bond acceptors (Lipinski definition) is 7. The summed E-state index contributed by atoms with van der Waals surface area (Å²) in [5, 5.41) is 45.2. The summed E-state index contributed by atoms with van der Waals surface area (Å²) >= 11 is 0. The van der Waals surface area contributed by atoms with Gasteiger partial charge in [0, 0.05) is 52.4 Å². The molecule has 0 aliphatic heterocycles. The Morgan fingerprint density at radius 2 is 0.450 bits per heavy atom. The fourth-order valence-corrected chi connectivity index (χ4v) is 10.2. The zero-order valence-electron chi connectivity index (χ0n) is 53.6. The fourth-order valence-electron chi connectivity index (χ4n) is 10.2. The van der Waals surface area contributed by atoms with Crippen LogP contribution < -0.4 is 0 Å². The molecule has 0 amide bonds. The van der Waals surface area contributed by atoms with Crippen molar-refractivity contribution in [2.24, 2.45) is 0 Å². The van der Waals surface area contributed by atoms with Crippen molar-refractivity contribution < 1.29 is 20.4 Å². The number of unbranched alkanes of at least 4 members (excludes halogenated alkanes) is 24. The quantitative estimate of drug-likeness (QED) is 0.0356. The Morgan fingerprint density at radius 1 is 0.250 bits per heavy atom. The molecule has 0 aromatic carbocycles. The number of aliphatic hydroxyl groups excluding tert-OH is 4. The number of allylic oxidation sites excluding steroid dienone is 16. The molecule has 4 unspecified atom stereocenters. The first kappa shape index (κ1) is 77.6. The van der Waals surface area contributed by atoms with Crippen molar-refractivity contribution in [3.63, 3.8) is 0 Å². The third-order valence-electron chi connectivity index (χ3n) is 15.5. The zero-order chi connectivity index (χ0) is 58.3. The minimum Gasteiger partial charge on any atom is -0.392 e. The van der Waals surface area contributed by atoms with Crippen LogP contribution in [0, 0.1) is 0 Å². The van der Waals surface area contributed by atoms with E-state index in [2.05, 4.69) is 147 Å². The monoisotopic (exact) mass is 1120 g/mol. The van der Waals surface area contributed by atoms with Gasteiger partial charge in [0.05, 0.1) is 24.4 Å². The lowest BCUT2D eigenvalue weighted by atomic mass is 10.1. The Balaban J connectivity index is 5.48. The molecule has 0 aromatic rings. The molecule has 0 fully saturated rings. The van der Waals surface area contributed by atoms with E-state index in [1.165, 1.54) is 180 Å². The van der Waals surface area contributed by atoms with E-state index in [0.717, 1.165) is 77.5 Å². The second-order valence-electron chi connectivity index (χ2n) is 23.7. The van der Waals surface area contributed by atoms with Crippen LogP contribution in [0.5, 0.6) is 0 Å². The van der Waals surface area contributed by atoms with Crippen LogP contribution in [0.15, 0.2) is 97.2 Å². The molecule has 0 aliphatic carbocycles. The van der Waals surface area contributed by atoms with E-state index >= 15 is 0 Å². The lowest BCUT2D eigenvalue weighted by molar-refractivity contribution is 0.0517. The molecule has 0 aliphatic rings. The maximum absolute atomic E-state index is 11.3. The van der Waals surface area contributed by atoms with Crippen LogP contribution in [-0.2, 0) is 0 Å². The number of hydrogen-bond donors (Lipinski definition) is 4. The van der Waals surface area contributed by atoms with Crippen LogP contribution in [0.2, 0.25) is 0 Å². The van der Waals surface area contributed by atoms with Crippen molar-refractivity contribution in [2.75, 3.05) is 59.4 Å². The van der Waals surface area contributed by atoms with Gasteiger partial charge in [-0.15, -0.1) is 0 Å². The molecule has 0 rings (SSSR count). The normalized spacial score (nSPS) is 14.4. The highest BCUT2D eigenvalue weighted by Crippen LogP contribution is 2.14. The van der Waals surface area contributed by atoms with Crippen LogP contribution in [-0.4, -0.2) is 119 Å². The lowest BCUT2D eigenvalue weighted by Gasteiger charge is -2.31. The summed E-state index contributed by atoms with van der Waals surface area (Å²) in [5.74, 6) is 0. The van der Waals surface area contributed by atoms with E-state index in [0.29, 0.717) is 51.9 Å². The van der Waals surface area contributed by atoms with Crippen LogP contribution in [0.3, 0.4) is 0 Å². The second kappa shape index (κ2) is 64.2. The van der Waals surface area contributed by atoms with Crippen molar-refractivity contribution in [1.82, 2.24) is 14.7 Å². The summed E-state index contributed by atoms with van der Waals surface area (Å²) in [6.07, 6.45) is 80.9. The largest absolute Gasteiger partial charge is 0.392 e. The van der Waals surface area contributed by atoms with Gasteiger partial charge in [-0.2, -0.15) is 0 Å². The lowest BCUT2D eigenvalue weighted by Crippen LogP contribution is -2.44. The van der Waals surface area contributed by atoms with Crippen molar-refractivity contribution >= 4 is 0 Å². The van der Waals surface area contributed by atoms with Crippen molar-refractivity contribution in [3.8, 4) is 0 Å². The average Bonchev–Trinajstić information content (AvgIpc) is 3.44. The molecule has 0 saturated carbocycles. The molecule has 80 heavy (non-hydrogen) atoms. The summed E-state index contributed by atoms with van der Waals surface area (Å²) in [5.41, 5.74) is 0. The van der Waals surface area contributed by atoms with Gasteiger partial charge in [-0.1, -0.05) is 253 Å². The summed E-state index contributed by atoms with van der Waals surface area (Å²) in [7, 11) is 2.15. The molecule has 0 aromatic heterocycles. The SMILES string of the molecule is CCCCCCCC/C=C\C/C=C\CCC(O)CN(CCN(C)CCN(CC(O)CC/C=C\C/C=C\CCCCCCCC)CC(O)CC/C=C\C/C=C\CCCCCCCC)CC(O)CC/C=C\C/C=C\CCCCCCCC. The van der Waals surface area contributed by atoms with Crippen LogP contribution in [0.1, 0.15) is 285 Å². The number of rotatable bonds is 62. The van der Waals surface area contributed by atoms with Gasteiger partial charge in [0.15, 0.2) is 0 Å². The van der Waals surface area contributed by atoms with Gasteiger partial charge in [-0.3, -0.25) is 9.80 Å². The molecule has 7 heteroatoms. The number of nitrogens with zero attached hydrogens (tertiary/aromatic N) is 3. The average molecular weight is 1120 g/mol. The van der Waals surface area contributed by atoms with E-state index in [4.69, 9.17) is 0 Å². The van der Waals surface area contributed by atoms with Crippen LogP contribution in [0.25, 0.3) is 0 Å². The standard InChI is InChI=1S/C73H135N3O4/c1-6-10-14-18-22-26-30-34-38-42-46-50-54-58-70(77)66-75(67-71(78)59-55-51-47-43-39-35-31-27-23-19-15-11-7-2)64-62-74(5)63-65-76(68-72(79)60-56-52-48-44-40-36-32-28-24-20-16-12-8-3)69-73(80)61-57-53-49-45-41-37-33-29-25-21-17-13-9-4/h34-41,46-53,70-73,77-80H,6-33,42-45,54-69H2,1-5H3/b38-34-,39-35-,40-36-,41-37-,50-46-,51-47-,52-48-,53-49-. The van der Waals surface area contributed by atoms with Gasteiger partial charge >= 0.3 is 0 Å². The van der Waals surface area contributed by atoms with Crippen molar-refractivity contribution in [3.05, 3.63) is 97.2 Å². The Hall–Kier alpha value is -2.36. The minimum absolute atomic E-state index is 0.468. The highest BCUT2D eigenvalue weighted by molar-refractivity contribution is 4.96. The third kappa shape index (κ3) is 60.2. The van der Waals surface area contributed by atoms with Gasteiger partial charge < -0.3 is 25.3 Å². The second-order valence-corrected chi connectivity index (χ2v) is 23.7. The molecule has 0 heterocycles. The van der Waals surface area contributed by atoms with Gasteiger partial charge in [0.1, 0.15) is 0 Å². The van der Waals surface area contributed by atoms with E-state index in [1.54, 1.807) is 0 Å². The highest BCUT2D eigenvalue weighted by atomic mass is 16.3. The molecule has 4 atom stereocenters. The molecule has 0 bridgehead atoms. The summed E-state index contributed by atoms with van der Waals surface area (Å²) < 4.78 is 0. The van der Waals surface area contributed by atoms with E-state index in [1.807, 2.05) is 0 Å². The first-order valence-electron chi connectivity index (χ1n) is 34.3. The van der Waals surface area contributed by atoms with E-state index < -0.39 is 24.4 Å². The zero-order valence-corrected chi connectivity index (χ0v) is 53.6. The van der Waals surface area contributed by atoms with Crippen molar-refractivity contribution in [2.45, 2.75) is 309 Å². The Morgan fingerprint density at radius 3 is 0.675 bits per heavy atom. The van der Waals surface area contributed by atoms with Crippen molar-refractivity contribution in [1.29, 1.82) is 0 Å².